The standard InChI is InChI=1S/C21H36N4O2/c22-18-21(8-3-1-2-4-9-21)23-20(26)17-25-11-6-19(7-12-25)5-10-24-13-15-27-16-14-24/h19H,1-17H2,(H,23,26). The number of nitrogens with one attached hydrogen (secondary N) is 1. The topological polar surface area (TPSA) is 68.6 Å². The lowest BCUT2D eigenvalue weighted by Crippen LogP contribution is -2.51. The number of nitriles is 1. The quantitative estimate of drug-likeness (QED) is 0.720. The molecular weight excluding hydrogens is 340 g/mol. The number of morpholine rings is 1. The van der Waals surface area contributed by atoms with Gasteiger partial charge >= 0.3 is 0 Å². The fraction of sp³-hybridized carbons (Fsp3) is 0.905. The summed E-state index contributed by atoms with van der Waals surface area (Å²) in [4.78, 5) is 17.3. The predicted molar refractivity (Wildman–Crippen MR) is 105 cm³/mol. The lowest BCUT2D eigenvalue weighted by molar-refractivity contribution is -0.124. The van der Waals surface area contributed by atoms with Crippen LogP contribution in [0.4, 0.5) is 0 Å². The van der Waals surface area contributed by atoms with Gasteiger partial charge in [0.25, 0.3) is 0 Å². The number of rotatable bonds is 6. The van der Waals surface area contributed by atoms with E-state index in [9.17, 15) is 10.1 Å². The first-order chi connectivity index (χ1) is 13.2. The normalized spacial score (nSPS) is 25.4. The number of ether oxygens (including phenoxy) is 1. The van der Waals surface area contributed by atoms with E-state index in [2.05, 4.69) is 21.2 Å². The van der Waals surface area contributed by atoms with Crippen LogP contribution in [0.2, 0.25) is 0 Å². The number of likely N-dealkylation sites (tertiary alicyclic amines) is 1. The van der Waals surface area contributed by atoms with Gasteiger partial charge in [-0.05, 0) is 57.7 Å². The fourth-order valence-corrected chi connectivity index (χ4v) is 4.73. The summed E-state index contributed by atoms with van der Waals surface area (Å²) in [7, 11) is 0. The minimum absolute atomic E-state index is 0.0326. The first-order valence-electron chi connectivity index (χ1n) is 10.9. The number of carbonyl (C=O) groups is 1. The Morgan fingerprint density at radius 2 is 1.70 bits per heavy atom. The van der Waals surface area contributed by atoms with Crippen LogP contribution in [0.5, 0.6) is 0 Å². The Bertz CT molecular complexity index is 497. The van der Waals surface area contributed by atoms with Gasteiger partial charge in [-0.2, -0.15) is 5.26 Å². The molecule has 2 aliphatic heterocycles. The van der Waals surface area contributed by atoms with E-state index < -0.39 is 5.54 Å². The Kier molecular flexibility index (Phi) is 7.93. The van der Waals surface area contributed by atoms with Crippen molar-refractivity contribution in [3.63, 3.8) is 0 Å². The Hall–Kier alpha value is -1.16. The number of amides is 1. The molecule has 2 saturated heterocycles. The van der Waals surface area contributed by atoms with Gasteiger partial charge in [-0.3, -0.25) is 14.6 Å². The molecule has 27 heavy (non-hydrogen) atoms. The van der Waals surface area contributed by atoms with Crippen LogP contribution in [0, 0.1) is 17.2 Å². The Balaban J connectivity index is 1.35. The number of piperidine rings is 1. The van der Waals surface area contributed by atoms with Crippen LogP contribution in [-0.4, -0.2) is 73.7 Å². The third kappa shape index (κ3) is 6.44. The van der Waals surface area contributed by atoms with Gasteiger partial charge in [0.1, 0.15) is 5.54 Å². The minimum Gasteiger partial charge on any atom is -0.379 e. The van der Waals surface area contributed by atoms with Gasteiger partial charge in [0.2, 0.25) is 5.91 Å². The van der Waals surface area contributed by atoms with Crippen molar-refractivity contribution in [2.24, 2.45) is 5.92 Å². The first kappa shape index (κ1) is 20.6. The van der Waals surface area contributed by atoms with E-state index in [0.717, 1.165) is 71.0 Å². The van der Waals surface area contributed by atoms with E-state index in [1.807, 2.05) is 0 Å². The molecule has 0 atom stereocenters. The van der Waals surface area contributed by atoms with E-state index in [0.29, 0.717) is 6.54 Å². The van der Waals surface area contributed by atoms with Gasteiger partial charge in [0, 0.05) is 13.1 Å². The predicted octanol–water partition coefficient (Wildman–Crippen LogP) is 2.15. The summed E-state index contributed by atoms with van der Waals surface area (Å²) in [6.07, 6.45) is 9.68. The Morgan fingerprint density at radius 3 is 2.33 bits per heavy atom. The average Bonchev–Trinajstić information content (AvgIpc) is 2.94. The van der Waals surface area contributed by atoms with Gasteiger partial charge in [-0.25, -0.2) is 0 Å². The molecule has 6 heteroatoms. The molecule has 1 saturated carbocycles. The molecule has 1 N–H and O–H groups in total. The lowest BCUT2D eigenvalue weighted by Gasteiger charge is -2.34. The second kappa shape index (κ2) is 10.4. The molecule has 0 spiro atoms. The highest BCUT2D eigenvalue weighted by Gasteiger charge is 2.33. The largest absolute Gasteiger partial charge is 0.379 e. The van der Waals surface area contributed by atoms with E-state index in [1.54, 1.807) is 0 Å². The van der Waals surface area contributed by atoms with Crippen LogP contribution in [0.3, 0.4) is 0 Å². The molecule has 0 aromatic carbocycles. The summed E-state index contributed by atoms with van der Waals surface area (Å²) < 4.78 is 5.41. The summed E-state index contributed by atoms with van der Waals surface area (Å²) in [5.74, 6) is 0.810. The zero-order chi connectivity index (χ0) is 19.0. The maximum absolute atomic E-state index is 12.5. The van der Waals surface area contributed by atoms with E-state index in [1.165, 1.54) is 38.6 Å². The minimum atomic E-state index is -0.621. The second-order valence-corrected chi connectivity index (χ2v) is 8.62. The van der Waals surface area contributed by atoms with Crippen molar-refractivity contribution in [1.29, 1.82) is 5.26 Å². The zero-order valence-corrected chi connectivity index (χ0v) is 16.8. The highest BCUT2D eigenvalue weighted by atomic mass is 16.5. The van der Waals surface area contributed by atoms with Crippen molar-refractivity contribution >= 4 is 5.91 Å². The Morgan fingerprint density at radius 1 is 1.04 bits per heavy atom. The molecule has 1 aliphatic carbocycles. The number of nitrogens with zero attached hydrogens (tertiary/aromatic N) is 3. The molecule has 6 nitrogen and oxygen atoms in total. The molecule has 3 aliphatic rings. The van der Waals surface area contributed by atoms with Gasteiger partial charge in [0.05, 0.1) is 25.8 Å². The van der Waals surface area contributed by atoms with Crippen molar-refractivity contribution in [2.75, 3.05) is 52.5 Å². The first-order valence-corrected chi connectivity index (χ1v) is 10.9. The van der Waals surface area contributed by atoms with Crippen molar-refractivity contribution in [2.45, 2.75) is 63.3 Å². The van der Waals surface area contributed by atoms with Crippen LogP contribution >= 0.6 is 0 Å². The summed E-state index contributed by atoms with van der Waals surface area (Å²) in [6.45, 7) is 7.51. The number of carbonyl (C=O) groups excluding carboxylic acids is 1. The molecule has 3 rings (SSSR count). The third-order valence-corrected chi connectivity index (χ3v) is 6.58. The third-order valence-electron chi connectivity index (χ3n) is 6.58. The van der Waals surface area contributed by atoms with Crippen molar-refractivity contribution in [3.05, 3.63) is 0 Å². The smallest absolute Gasteiger partial charge is 0.235 e. The summed E-state index contributed by atoms with van der Waals surface area (Å²) in [5, 5.41) is 12.7. The Labute approximate surface area is 164 Å². The second-order valence-electron chi connectivity index (χ2n) is 8.62. The monoisotopic (exact) mass is 376 g/mol. The highest BCUT2D eigenvalue weighted by Crippen LogP contribution is 2.27. The number of hydrogen-bond acceptors (Lipinski definition) is 5. The molecule has 0 bridgehead atoms. The molecule has 3 fully saturated rings. The van der Waals surface area contributed by atoms with E-state index in [4.69, 9.17) is 4.74 Å². The molecule has 152 valence electrons. The summed E-state index contributed by atoms with van der Waals surface area (Å²) in [5.41, 5.74) is -0.621. The summed E-state index contributed by atoms with van der Waals surface area (Å²) >= 11 is 0. The van der Waals surface area contributed by atoms with Crippen LogP contribution < -0.4 is 5.32 Å². The van der Waals surface area contributed by atoms with Crippen LogP contribution in [0.15, 0.2) is 0 Å². The molecule has 1 amide bonds. The fourth-order valence-electron chi connectivity index (χ4n) is 4.73. The van der Waals surface area contributed by atoms with Crippen LogP contribution in [-0.2, 0) is 9.53 Å². The molecule has 0 unspecified atom stereocenters. The molecular formula is C21H36N4O2. The van der Waals surface area contributed by atoms with Gasteiger partial charge in [-0.1, -0.05) is 25.7 Å². The van der Waals surface area contributed by atoms with Crippen molar-refractivity contribution < 1.29 is 9.53 Å². The van der Waals surface area contributed by atoms with Crippen LogP contribution in [0.25, 0.3) is 0 Å². The lowest BCUT2D eigenvalue weighted by atomic mass is 9.91. The molecule has 0 radical (unpaired) electrons. The van der Waals surface area contributed by atoms with Crippen molar-refractivity contribution in [3.8, 4) is 6.07 Å². The molecule has 0 aromatic rings. The van der Waals surface area contributed by atoms with Gasteiger partial charge in [0.15, 0.2) is 0 Å². The van der Waals surface area contributed by atoms with Gasteiger partial charge < -0.3 is 10.1 Å². The van der Waals surface area contributed by atoms with Gasteiger partial charge in [-0.15, -0.1) is 0 Å². The summed E-state index contributed by atoms with van der Waals surface area (Å²) in [6, 6.07) is 2.42. The molecule has 2 heterocycles. The van der Waals surface area contributed by atoms with Crippen molar-refractivity contribution in [1.82, 2.24) is 15.1 Å². The van der Waals surface area contributed by atoms with E-state index >= 15 is 0 Å². The zero-order valence-electron chi connectivity index (χ0n) is 16.8. The molecule has 0 aromatic heterocycles. The average molecular weight is 377 g/mol. The SMILES string of the molecule is N#CC1(NC(=O)CN2CCC(CCN3CCOCC3)CC2)CCCCCC1. The van der Waals surface area contributed by atoms with E-state index in [-0.39, 0.29) is 5.91 Å². The van der Waals surface area contributed by atoms with Crippen LogP contribution in [0.1, 0.15) is 57.8 Å². The highest BCUT2D eigenvalue weighted by molar-refractivity contribution is 5.79. The number of hydrogen-bond donors (Lipinski definition) is 1. The maximum atomic E-state index is 12.5. The maximum Gasteiger partial charge on any atom is 0.235 e.